The molecule has 2 aliphatic heterocycles. The molecule has 15 heteroatoms. The molecule has 2 heterocycles. The minimum Gasteiger partial charge on any atom is -0.468 e. The largest absolute Gasteiger partial charge is 0.468 e. The number of hydrogen-bond donors (Lipinski definition) is 3. The number of methoxy groups -OCH3 is 1. The molecule has 0 aromatic heterocycles. The van der Waals surface area contributed by atoms with Gasteiger partial charge in [-0.3, -0.25) is 14.1 Å². The average Bonchev–Trinajstić information content (AvgIpc) is 3.08. The van der Waals surface area contributed by atoms with E-state index < -0.39 is 56.2 Å². The molecule has 1 aromatic rings. The first-order chi connectivity index (χ1) is 17.0. The van der Waals surface area contributed by atoms with E-state index in [-0.39, 0.29) is 11.6 Å². The quantitative estimate of drug-likeness (QED) is 0.135. The molecule has 14 nitrogen and oxygen atoms in total. The third-order valence-corrected chi connectivity index (χ3v) is 7.16. The molecule has 0 saturated carbocycles. The summed E-state index contributed by atoms with van der Waals surface area (Å²) in [4.78, 5) is 27.7. The summed E-state index contributed by atoms with van der Waals surface area (Å²) >= 11 is 0. The van der Waals surface area contributed by atoms with Crippen LogP contribution in [0.3, 0.4) is 0 Å². The zero-order valence-electron chi connectivity index (χ0n) is 19.8. The van der Waals surface area contributed by atoms with Crippen LogP contribution >= 0.6 is 7.75 Å². The highest BCUT2D eigenvalue weighted by molar-refractivity contribution is 7.52. The Bertz CT molecular complexity index is 1130. The van der Waals surface area contributed by atoms with Crippen molar-refractivity contribution in [3.05, 3.63) is 65.5 Å². The highest BCUT2D eigenvalue weighted by Gasteiger charge is 2.56. The van der Waals surface area contributed by atoms with Gasteiger partial charge in [-0.25, -0.2) is 4.57 Å². The minimum atomic E-state index is -4.22. The number of hydrogen-bond acceptors (Lipinski definition) is 10. The van der Waals surface area contributed by atoms with Gasteiger partial charge in [0.2, 0.25) is 0 Å². The molecule has 1 fully saturated rings. The first-order valence-corrected chi connectivity index (χ1v) is 12.3. The number of azide groups is 1. The zero-order valence-corrected chi connectivity index (χ0v) is 20.7. The van der Waals surface area contributed by atoms with Crippen molar-refractivity contribution in [1.82, 2.24) is 15.3 Å². The van der Waals surface area contributed by atoms with Crippen LogP contribution in [-0.2, 0) is 28.2 Å². The van der Waals surface area contributed by atoms with Crippen molar-refractivity contribution >= 4 is 19.6 Å². The SMILES string of the molecule is C=C1NC(=O)C=CN1[C@@H]1O[C@H](CO[P@@](=O)(N[C@@H](C)C(=O)OC)Oc2ccccc2)[C@@H](O)[C@@]1(C)N=[N+]=[N-]. The summed E-state index contributed by atoms with van der Waals surface area (Å²) in [5.74, 6) is -0.793. The van der Waals surface area contributed by atoms with E-state index in [4.69, 9.17) is 19.3 Å². The molecule has 2 aliphatic rings. The van der Waals surface area contributed by atoms with E-state index in [0.717, 1.165) is 0 Å². The lowest BCUT2D eigenvalue weighted by molar-refractivity contribution is -0.142. The highest BCUT2D eigenvalue weighted by atomic mass is 31.2. The molecule has 1 aromatic carbocycles. The smallest absolute Gasteiger partial charge is 0.459 e. The van der Waals surface area contributed by atoms with Crippen LogP contribution in [0.25, 0.3) is 10.4 Å². The van der Waals surface area contributed by atoms with Crippen molar-refractivity contribution in [2.45, 2.75) is 43.9 Å². The molecule has 0 spiro atoms. The van der Waals surface area contributed by atoms with Gasteiger partial charge in [-0.2, -0.15) is 5.09 Å². The van der Waals surface area contributed by atoms with E-state index in [9.17, 15) is 19.3 Å². The summed E-state index contributed by atoms with van der Waals surface area (Å²) in [6.45, 7) is 6.13. The summed E-state index contributed by atoms with van der Waals surface area (Å²) in [5, 5.41) is 19.7. The van der Waals surface area contributed by atoms with Crippen LogP contribution in [-0.4, -0.2) is 65.6 Å². The lowest BCUT2D eigenvalue weighted by Gasteiger charge is -2.37. The van der Waals surface area contributed by atoms with Gasteiger partial charge in [0.1, 0.15) is 35.5 Å². The molecule has 6 atom stereocenters. The Balaban J connectivity index is 1.83. The second-order valence-corrected chi connectivity index (χ2v) is 9.81. The number of aliphatic hydroxyl groups excluding tert-OH is 1. The number of amides is 1. The molecular weight excluding hydrogens is 495 g/mol. The van der Waals surface area contributed by atoms with Gasteiger partial charge in [0.15, 0.2) is 0 Å². The molecule has 0 aliphatic carbocycles. The van der Waals surface area contributed by atoms with Crippen molar-refractivity contribution in [1.29, 1.82) is 0 Å². The summed E-state index contributed by atoms with van der Waals surface area (Å²) in [7, 11) is -3.04. The van der Waals surface area contributed by atoms with Crippen LogP contribution in [0, 0.1) is 0 Å². The Morgan fingerprint density at radius 3 is 2.78 bits per heavy atom. The molecule has 0 radical (unpaired) electrons. The van der Waals surface area contributed by atoms with Gasteiger partial charge in [0.25, 0.3) is 5.91 Å². The Labute approximate surface area is 207 Å². The summed E-state index contributed by atoms with van der Waals surface area (Å²) < 4.78 is 35.3. The van der Waals surface area contributed by atoms with Gasteiger partial charge in [-0.15, -0.1) is 0 Å². The second-order valence-electron chi connectivity index (χ2n) is 8.12. The van der Waals surface area contributed by atoms with Crippen LogP contribution < -0.4 is 14.9 Å². The van der Waals surface area contributed by atoms with Crippen molar-refractivity contribution in [3.63, 3.8) is 0 Å². The van der Waals surface area contributed by atoms with Crippen LogP contribution in [0.15, 0.2) is 60.1 Å². The van der Waals surface area contributed by atoms with E-state index in [1.165, 1.54) is 38.1 Å². The van der Waals surface area contributed by atoms with Gasteiger partial charge in [-0.05, 0) is 31.5 Å². The number of nitrogens with zero attached hydrogens (tertiary/aromatic N) is 4. The fourth-order valence-electron chi connectivity index (χ4n) is 3.64. The summed E-state index contributed by atoms with van der Waals surface area (Å²) in [6, 6.07) is 7.05. The van der Waals surface area contributed by atoms with Gasteiger partial charge in [-0.1, -0.05) is 29.9 Å². The lowest BCUT2D eigenvalue weighted by atomic mass is 9.92. The maximum Gasteiger partial charge on any atom is 0.459 e. The van der Waals surface area contributed by atoms with Gasteiger partial charge < -0.3 is 29.3 Å². The van der Waals surface area contributed by atoms with Crippen LogP contribution in [0.2, 0.25) is 0 Å². The maximum absolute atomic E-state index is 13.6. The monoisotopic (exact) mass is 522 g/mol. The molecule has 1 saturated heterocycles. The van der Waals surface area contributed by atoms with E-state index in [0.29, 0.717) is 0 Å². The van der Waals surface area contributed by atoms with Gasteiger partial charge in [0, 0.05) is 17.2 Å². The lowest BCUT2D eigenvalue weighted by Crippen LogP contribution is -2.52. The normalized spacial score (nSPS) is 28.0. The maximum atomic E-state index is 13.6. The van der Waals surface area contributed by atoms with E-state index in [1.54, 1.807) is 30.3 Å². The third kappa shape index (κ3) is 5.88. The van der Waals surface area contributed by atoms with Crippen LogP contribution in [0.5, 0.6) is 5.75 Å². The van der Waals surface area contributed by atoms with E-state index >= 15 is 0 Å². The number of carbonyl (C=O) groups is 2. The fraction of sp³-hybridized carbons (Fsp3) is 0.429. The van der Waals surface area contributed by atoms with Crippen molar-refractivity contribution in [2.75, 3.05) is 13.7 Å². The molecule has 36 heavy (non-hydrogen) atoms. The average molecular weight is 522 g/mol. The van der Waals surface area contributed by atoms with E-state index in [1.807, 2.05) is 0 Å². The number of nitrogens with one attached hydrogen (secondary N) is 2. The van der Waals surface area contributed by atoms with Crippen molar-refractivity contribution < 1.29 is 37.8 Å². The Morgan fingerprint density at radius 2 is 2.17 bits per heavy atom. The number of benzene rings is 1. The molecule has 1 amide bonds. The van der Waals surface area contributed by atoms with Crippen molar-refractivity contribution in [2.24, 2.45) is 5.11 Å². The predicted molar refractivity (Wildman–Crippen MR) is 126 cm³/mol. The second kappa shape index (κ2) is 11.1. The Hall–Kier alpha value is -3.38. The first kappa shape index (κ1) is 27.2. The Morgan fingerprint density at radius 1 is 1.47 bits per heavy atom. The van der Waals surface area contributed by atoms with Gasteiger partial charge >= 0.3 is 13.7 Å². The van der Waals surface area contributed by atoms with Gasteiger partial charge in [0.05, 0.1) is 19.8 Å². The molecule has 194 valence electrons. The Kier molecular flexibility index (Phi) is 8.41. The number of aliphatic hydroxyl groups is 1. The number of rotatable bonds is 10. The van der Waals surface area contributed by atoms with Crippen LogP contribution in [0.1, 0.15) is 13.8 Å². The zero-order chi connectivity index (χ0) is 26.5. The summed E-state index contributed by atoms with van der Waals surface area (Å²) in [5.41, 5.74) is 7.57. The molecular formula is C21H27N6O8P. The fourth-order valence-corrected chi connectivity index (χ4v) is 5.14. The number of esters is 1. The molecule has 3 rings (SSSR count). The highest BCUT2D eigenvalue weighted by Crippen LogP contribution is 2.46. The minimum absolute atomic E-state index is 0.132. The van der Waals surface area contributed by atoms with Crippen molar-refractivity contribution in [3.8, 4) is 5.75 Å². The molecule has 0 unspecified atom stereocenters. The molecule has 0 bridgehead atoms. The number of ether oxygens (including phenoxy) is 2. The predicted octanol–water partition coefficient (Wildman–Crippen LogP) is 1.91. The standard InChI is InChI=1S/C21H27N6O8P/c1-13(19(30)32-4)24-36(31,35-15-8-6-5-7-9-15)33-12-16-18(29)21(3,25-26-22)20(34-16)27-11-10-17(28)23-14(27)2/h5-11,13,16,18,20,29H,2,12H2,1,3-4H3,(H,23,28)(H,24,31)/t13-,16+,18+,20+,21+,36-/m0/s1. The van der Waals surface area contributed by atoms with Crippen LogP contribution in [0.4, 0.5) is 0 Å². The number of carbonyl (C=O) groups excluding carboxylic acids is 2. The van der Waals surface area contributed by atoms with E-state index in [2.05, 4.69) is 31.7 Å². The topological polar surface area (TPSA) is 184 Å². The first-order valence-electron chi connectivity index (χ1n) is 10.7. The number of para-hydroxylation sites is 1. The third-order valence-electron chi connectivity index (χ3n) is 5.52. The summed E-state index contributed by atoms with van der Waals surface area (Å²) in [6.07, 6.45) is -1.11. The molecule has 3 N–H and O–H groups in total.